The zero-order chi connectivity index (χ0) is 27.6. The van der Waals surface area contributed by atoms with Gasteiger partial charge in [-0.25, -0.2) is 4.79 Å². The second-order valence-corrected chi connectivity index (χ2v) is 10.2. The first-order valence-corrected chi connectivity index (χ1v) is 12.9. The smallest absolute Gasteiger partial charge is 0.352 e. The summed E-state index contributed by atoms with van der Waals surface area (Å²) in [6.07, 6.45) is 1.48. The number of methoxy groups -OCH3 is 1. The zero-order valence-corrected chi connectivity index (χ0v) is 21.5. The van der Waals surface area contributed by atoms with E-state index < -0.39 is 46.7 Å². The average molecular weight is 564 g/mol. The Morgan fingerprint density at radius 3 is 2.55 bits per heavy atom. The summed E-state index contributed by atoms with van der Waals surface area (Å²) in [6.45, 7) is 1.21. The number of carboxylic acids is 2. The molecule has 16 heteroatoms. The lowest BCUT2D eigenvalue weighted by atomic mass is 9.94. The van der Waals surface area contributed by atoms with E-state index in [2.05, 4.69) is 20.7 Å². The van der Waals surface area contributed by atoms with Crippen LogP contribution in [0.15, 0.2) is 46.8 Å². The van der Waals surface area contributed by atoms with E-state index in [1.54, 1.807) is 0 Å². The first kappa shape index (κ1) is 27.2. The van der Waals surface area contributed by atoms with Crippen LogP contribution in [-0.4, -0.2) is 90.0 Å². The quantitative estimate of drug-likeness (QED) is 0.0774. The number of hydrogen-bond donors (Lipinski definition) is 4. The number of aromatic nitrogens is 3. The van der Waals surface area contributed by atoms with Gasteiger partial charge in [-0.05, 0) is 23.3 Å². The third-order valence-electron chi connectivity index (χ3n) is 5.72. The summed E-state index contributed by atoms with van der Waals surface area (Å²) in [4.78, 5) is 62.8. The minimum Gasteiger partial charge on any atom is -0.480 e. The maximum Gasteiger partial charge on any atom is 0.352 e. The largest absolute Gasteiger partial charge is 0.480 e. The number of H-pyrrole nitrogens is 1. The molecule has 2 aromatic rings. The molecule has 4 N–H and O–H groups in total. The van der Waals surface area contributed by atoms with E-state index in [9.17, 15) is 34.2 Å². The van der Waals surface area contributed by atoms with Gasteiger partial charge in [0.15, 0.2) is 5.92 Å². The highest BCUT2D eigenvalue weighted by Crippen LogP contribution is 2.47. The maximum atomic E-state index is 13.3. The van der Waals surface area contributed by atoms with E-state index >= 15 is 0 Å². The number of nitrogens with one attached hydrogen (secondary N) is 2. The van der Waals surface area contributed by atoms with Crippen LogP contribution in [-0.2, 0) is 28.7 Å². The predicted molar refractivity (Wildman–Crippen MR) is 131 cm³/mol. The van der Waals surface area contributed by atoms with Gasteiger partial charge in [0, 0.05) is 25.5 Å². The maximum absolute atomic E-state index is 13.3. The zero-order valence-electron chi connectivity index (χ0n) is 19.9. The van der Waals surface area contributed by atoms with Crippen molar-refractivity contribution in [2.24, 2.45) is 0 Å². The van der Waals surface area contributed by atoms with Crippen LogP contribution in [0.3, 0.4) is 0 Å². The Morgan fingerprint density at radius 1 is 1.29 bits per heavy atom. The molecule has 14 nitrogen and oxygen atoms in total. The molecule has 3 atom stereocenters. The second-order valence-electron chi connectivity index (χ2n) is 8.07. The molecule has 4 rings (SSSR count). The molecular formula is C22H21N5O9S2. The average Bonchev–Trinajstić information content (AvgIpc) is 3.39. The van der Waals surface area contributed by atoms with Gasteiger partial charge < -0.3 is 25.0 Å². The van der Waals surface area contributed by atoms with Crippen LogP contribution in [0, 0.1) is 0 Å². The molecular weight excluding hydrogens is 542 g/mol. The molecule has 1 fully saturated rings. The van der Waals surface area contributed by atoms with E-state index in [1.807, 2.05) is 0 Å². The van der Waals surface area contributed by atoms with E-state index in [1.165, 1.54) is 68.0 Å². The fourth-order valence-electron chi connectivity index (χ4n) is 4.03. The lowest BCUT2D eigenvalue weighted by molar-refractivity contribution is -0.193. The lowest BCUT2D eigenvalue weighted by Gasteiger charge is -2.56. The van der Waals surface area contributed by atoms with Gasteiger partial charge in [-0.2, -0.15) is 0 Å². The number of thioether (sulfide) groups is 2. The number of nitrogens with zero attached hydrogens (tertiary/aromatic N) is 3. The first-order valence-electron chi connectivity index (χ1n) is 10.9. The van der Waals surface area contributed by atoms with Crippen molar-refractivity contribution < 1.29 is 43.7 Å². The van der Waals surface area contributed by atoms with E-state index in [-0.39, 0.29) is 28.5 Å². The third-order valence-corrected chi connectivity index (χ3v) is 8.10. The summed E-state index contributed by atoms with van der Waals surface area (Å²) >= 11 is 2.44. The summed E-state index contributed by atoms with van der Waals surface area (Å²) in [6, 6.07) is 5.29. The molecule has 2 amide bonds. The molecule has 0 aliphatic carbocycles. The van der Waals surface area contributed by atoms with Crippen molar-refractivity contribution in [1.29, 1.82) is 0 Å². The third kappa shape index (κ3) is 4.97. The van der Waals surface area contributed by atoms with E-state index in [0.29, 0.717) is 10.6 Å². The van der Waals surface area contributed by atoms with Gasteiger partial charge in [-0.1, -0.05) is 17.3 Å². The Hall–Kier alpha value is -3.89. The molecule has 0 radical (unpaired) electrons. The molecule has 1 unspecified atom stereocenters. The Labute approximate surface area is 223 Å². The number of hydrogen-bond acceptors (Lipinski definition) is 11. The minimum atomic E-state index is -1.97. The van der Waals surface area contributed by atoms with Crippen molar-refractivity contribution in [2.45, 2.75) is 29.0 Å². The number of ether oxygens (including phenoxy) is 2. The van der Waals surface area contributed by atoms with Crippen LogP contribution in [0.25, 0.3) is 0 Å². The molecule has 3 heterocycles. The SMILES string of the molecule is CO[C@@]1(NC(=O)C(C(=O)O)c2ccc(OC(C)=O)cc2)C(=O)N2C(C(=O)O)=C(CSc3cnn[nH]3)CS[C@H]21. The number of rotatable bonds is 10. The fraction of sp³-hybridized carbons (Fsp3) is 0.318. The molecule has 1 saturated heterocycles. The van der Waals surface area contributed by atoms with Crippen LogP contribution in [0.1, 0.15) is 18.4 Å². The van der Waals surface area contributed by atoms with Crippen LogP contribution in [0.5, 0.6) is 5.75 Å². The van der Waals surface area contributed by atoms with Gasteiger partial charge in [0.05, 0.1) is 6.20 Å². The van der Waals surface area contributed by atoms with Crippen LogP contribution < -0.4 is 10.1 Å². The Kier molecular flexibility index (Phi) is 7.75. The number of β-lactam (4-membered cyclic amide) rings is 1. The van der Waals surface area contributed by atoms with Crippen LogP contribution in [0.2, 0.25) is 0 Å². The van der Waals surface area contributed by atoms with Crippen molar-refractivity contribution in [1.82, 2.24) is 25.6 Å². The van der Waals surface area contributed by atoms with Crippen molar-refractivity contribution in [3.05, 3.63) is 47.3 Å². The standard InChI is InChI=1S/C22H21N5O9S2/c1-10(28)36-13-5-3-11(4-6-13)15(18(30)31)17(29)24-22(35-2)20(34)27-16(19(32)33)12(9-38-21(22)27)8-37-14-7-23-26-25-14/h3-7,15,21H,8-9H2,1-2H3,(H,24,29)(H,30,31)(H,32,33)(H,23,25,26)/t15?,21-,22-/m0/s1. The first-order chi connectivity index (χ1) is 18.1. The van der Waals surface area contributed by atoms with Crippen molar-refractivity contribution in [3.63, 3.8) is 0 Å². The number of esters is 1. The summed E-state index contributed by atoms with van der Waals surface area (Å²) in [5.41, 5.74) is -1.66. The van der Waals surface area contributed by atoms with Crippen molar-refractivity contribution in [3.8, 4) is 5.75 Å². The molecule has 0 bridgehead atoms. The van der Waals surface area contributed by atoms with Gasteiger partial charge in [0.1, 0.15) is 21.8 Å². The fourth-order valence-corrected chi connectivity index (χ4v) is 6.40. The van der Waals surface area contributed by atoms with Gasteiger partial charge >= 0.3 is 17.9 Å². The number of fused-ring (bicyclic) bond motifs is 1. The molecule has 1 aromatic heterocycles. The highest BCUT2D eigenvalue weighted by molar-refractivity contribution is 8.01. The molecule has 2 aliphatic heterocycles. The second kappa shape index (κ2) is 10.8. The van der Waals surface area contributed by atoms with Crippen molar-refractivity contribution in [2.75, 3.05) is 18.6 Å². The molecule has 38 heavy (non-hydrogen) atoms. The topological polar surface area (TPSA) is 201 Å². The minimum absolute atomic E-state index is 0.0656. The normalized spacial score (nSPS) is 21.3. The monoisotopic (exact) mass is 563 g/mol. The van der Waals surface area contributed by atoms with Crippen LogP contribution >= 0.6 is 23.5 Å². The Balaban J connectivity index is 1.56. The Bertz CT molecular complexity index is 1310. The molecule has 1 aromatic carbocycles. The van der Waals surface area contributed by atoms with Crippen LogP contribution in [0.4, 0.5) is 0 Å². The summed E-state index contributed by atoms with van der Waals surface area (Å²) in [5.74, 6) is -6.38. The predicted octanol–water partition coefficient (Wildman–Crippen LogP) is 0.403. The van der Waals surface area contributed by atoms with Gasteiger partial charge in [0.2, 0.25) is 5.91 Å². The van der Waals surface area contributed by atoms with Gasteiger partial charge in [-0.15, -0.1) is 28.6 Å². The number of amides is 2. The summed E-state index contributed by atoms with van der Waals surface area (Å²) < 4.78 is 10.3. The highest BCUT2D eigenvalue weighted by Gasteiger charge is 2.67. The lowest BCUT2D eigenvalue weighted by Crippen LogP contribution is -2.81. The molecule has 0 spiro atoms. The van der Waals surface area contributed by atoms with E-state index in [4.69, 9.17) is 9.47 Å². The number of carboxylic acid groups (broad SMARTS) is 2. The number of aromatic amines is 1. The van der Waals surface area contributed by atoms with Gasteiger partial charge in [-0.3, -0.25) is 29.2 Å². The van der Waals surface area contributed by atoms with E-state index in [0.717, 1.165) is 4.90 Å². The molecule has 0 saturated carbocycles. The summed E-state index contributed by atoms with van der Waals surface area (Å²) in [5, 5.41) is 31.6. The highest BCUT2D eigenvalue weighted by atomic mass is 32.2. The number of carbonyl (C=O) groups excluding carboxylic acids is 3. The van der Waals surface area contributed by atoms with Gasteiger partial charge in [0.25, 0.3) is 11.6 Å². The molecule has 200 valence electrons. The number of aliphatic carboxylic acids is 2. The van der Waals surface area contributed by atoms with Crippen molar-refractivity contribution >= 4 is 53.2 Å². The summed E-state index contributed by atoms with van der Waals surface area (Å²) in [7, 11) is 1.17. The Morgan fingerprint density at radius 2 is 2.00 bits per heavy atom. The number of carbonyl (C=O) groups is 5. The molecule has 2 aliphatic rings. The number of benzene rings is 1.